The molecule has 18 heavy (non-hydrogen) atoms. The van der Waals surface area contributed by atoms with E-state index in [0.29, 0.717) is 22.6 Å². The minimum absolute atomic E-state index is 0.0408. The van der Waals surface area contributed by atoms with E-state index < -0.39 is 0 Å². The van der Waals surface area contributed by atoms with Gasteiger partial charge in [-0.25, -0.2) is 4.98 Å². The van der Waals surface area contributed by atoms with Crippen molar-refractivity contribution in [3.63, 3.8) is 0 Å². The van der Waals surface area contributed by atoms with E-state index in [1.54, 1.807) is 17.0 Å². The van der Waals surface area contributed by atoms with E-state index in [2.05, 4.69) is 9.97 Å². The minimum Gasteiger partial charge on any atom is -0.347 e. The first-order chi connectivity index (χ1) is 8.72. The van der Waals surface area contributed by atoms with Crippen molar-refractivity contribution in [1.29, 1.82) is 0 Å². The van der Waals surface area contributed by atoms with Crippen LogP contribution >= 0.6 is 11.3 Å². The first-order valence-electron chi connectivity index (χ1n) is 5.35. The first-order valence-corrected chi connectivity index (χ1v) is 6.23. The zero-order valence-corrected chi connectivity index (χ0v) is 10.1. The summed E-state index contributed by atoms with van der Waals surface area (Å²) in [6, 6.07) is 4.77. The predicted octanol–water partition coefficient (Wildman–Crippen LogP) is 1.19. The molecule has 6 heteroatoms. The van der Waals surface area contributed by atoms with Gasteiger partial charge in [-0.15, -0.1) is 11.3 Å². The standard InChI is InChI=1S/C12H9N3O2S/c16-8-1-4-15(5-2-8)7-10-13-9-3-6-18-11(9)12(17)14-10/h1-6H,7H2,(H,13,14,17). The van der Waals surface area contributed by atoms with E-state index in [4.69, 9.17) is 0 Å². The molecule has 0 radical (unpaired) electrons. The molecule has 5 nitrogen and oxygen atoms in total. The van der Waals surface area contributed by atoms with Crippen LogP contribution in [0.15, 0.2) is 45.6 Å². The minimum atomic E-state index is -0.119. The van der Waals surface area contributed by atoms with Crippen molar-refractivity contribution in [2.45, 2.75) is 6.54 Å². The van der Waals surface area contributed by atoms with Gasteiger partial charge < -0.3 is 9.55 Å². The summed E-state index contributed by atoms with van der Waals surface area (Å²) in [6.07, 6.45) is 3.33. The third kappa shape index (κ3) is 1.98. The van der Waals surface area contributed by atoms with Crippen LogP contribution in [0, 0.1) is 0 Å². The van der Waals surface area contributed by atoms with E-state index >= 15 is 0 Å². The van der Waals surface area contributed by atoms with E-state index in [1.807, 2.05) is 11.4 Å². The summed E-state index contributed by atoms with van der Waals surface area (Å²) >= 11 is 1.38. The molecular weight excluding hydrogens is 250 g/mol. The van der Waals surface area contributed by atoms with Crippen molar-refractivity contribution in [3.05, 3.63) is 62.4 Å². The fraction of sp³-hybridized carbons (Fsp3) is 0.0833. The second-order valence-electron chi connectivity index (χ2n) is 3.85. The zero-order valence-electron chi connectivity index (χ0n) is 9.29. The molecule has 0 saturated carbocycles. The monoisotopic (exact) mass is 259 g/mol. The molecule has 0 spiro atoms. The number of aromatic nitrogens is 3. The molecule has 3 aromatic rings. The lowest BCUT2D eigenvalue weighted by Crippen LogP contribution is -2.14. The average Bonchev–Trinajstić information content (AvgIpc) is 2.81. The molecule has 0 amide bonds. The molecule has 90 valence electrons. The Labute approximate surface area is 105 Å². The summed E-state index contributed by atoms with van der Waals surface area (Å²) < 4.78 is 2.43. The van der Waals surface area contributed by atoms with Gasteiger partial charge in [-0.05, 0) is 11.4 Å². The molecule has 0 bridgehead atoms. The number of nitrogens with zero attached hydrogens (tertiary/aromatic N) is 2. The Morgan fingerprint density at radius 1 is 1.22 bits per heavy atom. The Balaban J connectivity index is 2.02. The molecule has 3 rings (SSSR count). The van der Waals surface area contributed by atoms with Gasteiger partial charge >= 0.3 is 0 Å². The highest BCUT2D eigenvalue weighted by Gasteiger charge is 2.04. The normalized spacial score (nSPS) is 10.9. The maximum Gasteiger partial charge on any atom is 0.268 e. The van der Waals surface area contributed by atoms with E-state index in [9.17, 15) is 9.59 Å². The van der Waals surface area contributed by atoms with E-state index in [-0.39, 0.29) is 11.0 Å². The summed E-state index contributed by atoms with van der Waals surface area (Å²) in [4.78, 5) is 29.9. The first kappa shape index (κ1) is 10.9. The van der Waals surface area contributed by atoms with Crippen molar-refractivity contribution >= 4 is 21.6 Å². The molecule has 0 atom stereocenters. The van der Waals surface area contributed by atoms with Crippen molar-refractivity contribution in [2.24, 2.45) is 0 Å². The number of nitrogens with one attached hydrogen (secondary N) is 1. The maximum absolute atomic E-state index is 11.8. The van der Waals surface area contributed by atoms with Gasteiger partial charge in [-0.2, -0.15) is 0 Å². The Bertz CT molecular complexity index is 795. The second-order valence-corrected chi connectivity index (χ2v) is 4.77. The highest BCUT2D eigenvalue weighted by atomic mass is 32.1. The zero-order chi connectivity index (χ0) is 12.5. The van der Waals surface area contributed by atoms with E-state index in [1.165, 1.54) is 23.5 Å². The highest BCUT2D eigenvalue weighted by Crippen LogP contribution is 2.13. The van der Waals surface area contributed by atoms with Crippen molar-refractivity contribution in [3.8, 4) is 0 Å². The number of hydrogen-bond donors (Lipinski definition) is 1. The van der Waals surface area contributed by atoms with Crippen LogP contribution in [-0.4, -0.2) is 14.5 Å². The van der Waals surface area contributed by atoms with Gasteiger partial charge in [0.1, 0.15) is 10.5 Å². The third-order valence-corrected chi connectivity index (χ3v) is 3.46. The fourth-order valence-electron chi connectivity index (χ4n) is 1.72. The van der Waals surface area contributed by atoms with Crippen LogP contribution in [0.5, 0.6) is 0 Å². The third-order valence-electron chi connectivity index (χ3n) is 2.56. The van der Waals surface area contributed by atoms with Crippen LogP contribution in [0.1, 0.15) is 5.82 Å². The lowest BCUT2D eigenvalue weighted by molar-refractivity contribution is 0.739. The van der Waals surface area contributed by atoms with Crippen molar-refractivity contribution in [2.75, 3.05) is 0 Å². The van der Waals surface area contributed by atoms with Gasteiger partial charge in [0.25, 0.3) is 5.56 Å². The van der Waals surface area contributed by atoms with Crippen LogP contribution in [0.2, 0.25) is 0 Å². The molecule has 3 aromatic heterocycles. The van der Waals surface area contributed by atoms with Gasteiger partial charge in [0.2, 0.25) is 0 Å². The van der Waals surface area contributed by atoms with Gasteiger partial charge in [0.15, 0.2) is 5.43 Å². The van der Waals surface area contributed by atoms with Crippen molar-refractivity contribution < 1.29 is 0 Å². The van der Waals surface area contributed by atoms with Gasteiger partial charge in [-0.3, -0.25) is 9.59 Å². The largest absolute Gasteiger partial charge is 0.347 e. The van der Waals surface area contributed by atoms with E-state index in [0.717, 1.165) is 0 Å². The van der Waals surface area contributed by atoms with Crippen LogP contribution in [-0.2, 0) is 6.54 Å². The number of hydrogen-bond acceptors (Lipinski definition) is 4. The summed E-state index contributed by atoms with van der Waals surface area (Å²) in [7, 11) is 0. The molecule has 0 unspecified atom stereocenters. The Morgan fingerprint density at radius 3 is 2.78 bits per heavy atom. The summed E-state index contributed by atoms with van der Waals surface area (Å²) in [5, 5.41) is 1.84. The lowest BCUT2D eigenvalue weighted by Gasteiger charge is -2.04. The number of pyridine rings is 1. The van der Waals surface area contributed by atoms with Crippen molar-refractivity contribution in [1.82, 2.24) is 14.5 Å². The molecular formula is C12H9N3O2S. The summed E-state index contributed by atoms with van der Waals surface area (Å²) in [6.45, 7) is 0.432. The van der Waals surface area contributed by atoms with Gasteiger partial charge in [-0.1, -0.05) is 0 Å². The van der Waals surface area contributed by atoms with Gasteiger partial charge in [0, 0.05) is 24.5 Å². The maximum atomic E-state index is 11.8. The number of rotatable bonds is 2. The Kier molecular flexibility index (Phi) is 2.56. The Morgan fingerprint density at radius 2 is 2.00 bits per heavy atom. The Hall–Kier alpha value is -2.21. The molecule has 0 saturated heterocycles. The van der Waals surface area contributed by atoms with Crippen LogP contribution < -0.4 is 11.0 Å². The molecule has 0 aliphatic rings. The SMILES string of the molecule is O=c1ccn(Cc2nc3ccsc3c(=O)[nH]2)cc1. The van der Waals surface area contributed by atoms with Gasteiger partial charge in [0.05, 0.1) is 12.1 Å². The fourth-order valence-corrected chi connectivity index (χ4v) is 2.44. The molecule has 0 aliphatic carbocycles. The highest BCUT2D eigenvalue weighted by molar-refractivity contribution is 7.17. The quantitative estimate of drug-likeness (QED) is 0.751. The smallest absolute Gasteiger partial charge is 0.268 e. The predicted molar refractivity (Wildman–Crippen MR) is 70.0 cm³/mol. The van der Waals surface area contributed by atoms with Crippen LogP contribution in [0.4, 0.5) is 0 Å². The summed E-state index contributed by atoms with van der Waals surface area (Å²) in [5.74, 6) is 0.578. The van der Waals surface area contributed by atoms with Crippen LogP contribution in [0.3, 0.4) is 0 Å². The second kappa shape index (κ2) is 4.23. The number of fused-ring (bicyclic) bond motifs is 1. The topological polar surface area (TPSA) is 67.8 Å². The number of thiophene rings is 1. The average molecular weight is 259 g/mol. The number of H-pyrrole nitrogens is 1. The molecule has 3 heterocycles. The lowest BCUT2D eigenvalue weighted by atomic mass is 10.4. The molecule has 0 fully saturated rings. The molecule has 0 aromatic carbocycles. The number of aromatic amines is 1. The molecule has 1 N–H and O–H groups in total. The molecule has 0 aliphatic heterocycles. The summed E-state index contributed by atoms with van der Waals surface area (Å²) in [5.41, 5.74) is 0.548. The van der Waals surface area contributed by atoms with Crippen LogP contribution in [0.25, 0.3) is 10.2 Å².